The van der Waals surface area contributed by atoms with Crippen LogP contribution in [-0.2, 0) is 7.05 Å². The molecule has 132 valence electrons. The van der Waals surface area contributed by atoms with E-state index in [1.807, 2.05) is 41.9 Å². The van der Waals surface area contributed by atoms with Gasteiger partial charge in [0.05, 0.1) is 35.3 Å². The second-order valence-electron chi connectivity index (χ2n) is 6.06. The monoisotopic (exact) mass is 368 g/mol. The summed E-state index contributed by atoms with van der Waals surface area (Å²) in [5, 5.41) is 19.6. The molecule has 2 N–H and O–H groups in total. The molecule has 0 atom stereocenters. The largest absolute Gasteiger partial charge is 0.509 e. The van der Waals surface area contributed by atoms with Crippen LogP contribution in [-0.4, -0.2) is 34.1 Å². The predicted octanol–water partition coefficient (Wildman–Crippen LogP) is 4.00. The molecule has 0 unspecified atom stereocenters. The van der Waals surface area contributed by atoms with Crippen LogP contribution >= 0.6 is 11.6 Å². The molecule has 7 heteroatoms. The summed E-state index contributed by atoms with van der Waals surface area (Å²) in [6.45, 7) is 0.194. The molecule has 2 heterocycles. The van der Waals surface area contributed by atoms with E-state index < -0.39 is 0 Å². The zero-order valence-corrected chi connectivity index (χ0v) is 15.1. The van der Waals surface area contributed by atoms with Gasteiger partial charge in [0.1, 0.15) is 23.2 Å². The number of ether oxygens (including phenoxy) is 1. The highest BCUT2D eigenvalue weighted by molar-refractivity contribution is 6.33. The second kappa shape index (κ2) is 6.07. The summed E-state index contributed by atoms with van der Waals surface area (Å²) in [6.07, 6.45) is 0. The Hall–Kier alpha value is -2.99. The van der Waals surface area contributed by atoms with Crippen molar-refractivity contribution in [2.75, 3.05) is 18.6 Å². The van der Waals surface area contributed by atoms with Gasteiger partial charge in [-0.15, -0.1) is 0 Å². The third-order valence-corrected chi connectivity index (χ3v) is 4.86. The number of anilines is 1. The van der Waals surface area contributed by atoms with Crippen LogP contribution in [0.1, 0.15) is 5.82 Å². The first kappa shape index (κ1) is 16.5. The van der Waals surface area contributed by atoms with E-state index in [2.05, 4.69) is 4.98 Å². The van der Waals surface area contributed by atoms with E-state index in [9.17, 15) is 5.11 Å². The number of nitrogens with zero attached hydrogens (tertiary/aromatic N) is 3. The van der Waals surface area contributed by atoms with Gasteiger partial charge in [-0.1, -0.05) is 23.7 Å². The lowest BCUT2D eigenvalue weighted by molar-refractivity contribution is 0.411. The molecule has 0 radical (unpaired) electrons. The van der Waals surface area contributed by atoms with Crippen molar-refractivity contribution in [1.29, 1.82) is 5.41 Å². The van der Waals surface area contributed by atoms with Crippen molar-refractivity contribution in [3.63, 3.8) is 0 Å². The van der Waals surface area contributed by atoms with Gasteiger partial charge in [0.15, 0.2) is 0 Å². The Kier molecular flexibility index (Phi) is 3.85. The quantitative estimate of drug-likeness (QED) is 0.732. The number of imidazole rings is 1. The number of amidine groups is 1. The summed E-state index contributed by atoms with van der Waals surface area (Å²) in [4.78, 5) is 6.29. The number of para-hydroxylation sites is 2. The lowest BCUT2D eigenvalue weighted by atomic mass is 10.2. The van der Waals surface area contributed by atoms with E-state index in [0.29, 0.717) is 27.9 Å². The molecule has 0 amide bonds. The van der Waals surface area contributed by atoms with Gasteiger partial charge >= 0.3 is 0 Å². The second-order valence-corrected chi connectivity index (χ2v) is 6.47. The van der Waals surface area contributed by atoms with E-state index in [1.54, 1.807) is 24.1 Å². The molecule has 3 aromatic rings. The fraction of sp³-hybridized carbons (Fsp3) is 0.158. The lowest BCUT2D eigenvalue weighted by Gasteiger charge is -2.19. The number of nitrogens with one attached hydrogen (secondary N) is 1. The summed E-state index contributed by atoms with van der Waals surface area (Å²) in [6, 6.07) is 13.0. The number of aliphatic hydroxyl groups excluding tert-OH is 1. The number of fused-ring (bicyclic) bond motifs is 1. The van der Waals surface area contributed by atoms with Gasteiger partial charge in [0.25, 0.3) is 0 Å². The molecule has 0 fully saturated rings. The summed E-state index contributed by atoms with van der Waals surface area (Å²) >= 11 is 6.21. The fourth-order valence-corrected chi connectivity index (χ4v) is 3.48. The Morgan fingerprint density at radius 2 is 2.00 bits per heavy atom. The maximum Gasteiger partial charge on any atom is 0.148 e. The zero-order chi connectivity index (χ0) is 18.4. The first-order chi connectivity index (χ1) is 12.5. The van der Waals surface area contributed by atoms with E-state index in [0.717, 1.165) is 11.0 Å². The molecule has 26 heavy (non-hydrogen) atoms. The number of rotatable bonds is 3. The standard InChI is InChI=1S/C19H17ClN4O2/c1-23-14-6-4-3-5-13(14)22-19(23)17-15(25)10-24(18(17)21)11-7-8-16(26-2)12(20)9-11/h3-9,21,25H,10H2,1-2H3. The first-order valence-electron chi connectivity index (χ1n) is 8.05. The van der Waals surface area contributed by atoms with E-state index in [1.165, 1.54) is 0 Å². The Morgan fingerprint density at radius 1 is 1.23 bits per heavy atom. The molecule has 0 saturated carbocycles. The van der Waals surface area contributed by atoms with Crippen LogP contribution in [0.5, 0.6) is 5.75 Å². The van der Waals surface area contributed by atoms with Crippen LogP contribution in [0.15, 0.2) is 48.2 Å². The van der Waals surface area contributed by atoms with Crippen LogP contribution in [0.3, 0.4) is 0 Å². The molecule has 0 aliphatic carbocycles. The maximum atomic E-state index is 10.6. The van der Waals surface area contributed by atoms with Gasteiger partial charge in [-0.25, -0.2) is 4.98 Å². The van der Waals surface area contributed by atoms with Crippen molar-refractivity contribution in [2.45, 2.75) is 0 Å². The number of aliphatic hydroxyl groups is 1. The minimum Gasteiger partial charge on any atom is -0.509 e. The molecule has 0 saturated heterocycles. The average Bonchev–Trinajstić information content (AvgIpc) is 3.11. The lowest BCUT2D eigenvalue weighted by Crippen LogP contribution is -2.26. The molecule has 4 rings (SSSR count). The number of aryl methyl sites for hydroxylation is 1. The number of hydrogen-bond donors (Lipinski definition) is 2. The first-order valence-corrected chi connectivity index (χ1v) is 8.43. The molecular formula is C19H17ClN4O2. The summed E-state index contributed by atoms with van der Waals surface area (Å²) in [5.74, 6) is 1.42. The maximum absolute atomic E-state index is 10.6. The number of aromatic nitrogens is 2. The van der Waals surface area contributed by atoms with E-state index in [-0.39, 0.29) is 18.1 Å². The molecule has 1 aliphatic heterocycles. The van der Waals surface area contributed by atoms with Gasteiger partial charge < -0.3 is 19.3 Å². The summed E-state index contributed by atoms with van der Waals surface area (Å²) < 4.78 is 7.06. The third kappa shape index (κ3) is 2.42. The molecule has 0 spiro atoms. The van der Waals surface area contributed by atoms with Gasteiger partial charge in [-0.2, -0.15) is 0 Å². The smallest absolute Gasteiger partial charge is 0.148 e. The van der Waals surface area contributed by atoms with Crippen LogP contribution in [0, 0.1) is 5.41 Å². The summed E-state index contributed by atoms with van der Waals surface area (Å²) in [5.41, 5.74) is 2.90. The zero-order valence-electron chi connectivity index (χ0n) is 14.3. The number of hydrogen-bond acceptors (Lipinski definition) is 4. The van der Waals surface area contributed by atoms with Crippen LogP contribution in [0.25, 0.3) is 16.6 Å². The molecule has 1 aromatic heterocycles. The summed E-state index contributed by atoms with van der Waals surface area (Å²) in [7, 11) is 3.43. The predicted molar refractivity (Wildman–Crippen MR) is 103 cm³/mol. The average molecular weight is 369 g/mol. The molecule has 6 nitrogen and oxygen atoms in total. The van der Waals surface area contributed by atoms with Crippen LogP contribution < -0.4 is 9.64 Å². The van der Waals surface area contributed by atoms with Gasteiger partial charge in [0.2, 0.25) is 0 Å². The number of halogens is 1. The number of benzene rings is 2. The number of methoxy groups -OCH3 is 1. The van der Waals surface area contributed by atoms with Crippen molar-refractivity contribution >= 4 is 39.7 Å². The highest BCUT2D eigenvalue weighted by atomic mass is 35.5. The Morgan fingerprint density at radius 3 is 2.69 bits per heavy atom. The molecule has 2 aromatic carbocycles. The normalized spacial score (nSPS) is 14.6. The highest BCUT2D eigenvalue weighted by Gasteiger charge is 2.32. The third-order valence-electron chi connectivity index (χ3n) is 4.56. The van der Waals surface area contributed by atoms with Gasteiger partial charge in [-0.3, -0.25) is 5.41 Å². The highest BCUT2D eigenvalue weighted by Crippen LogP contribution is 2.35. The Balaban J connectivity index is 1.75. The molecular weight excluding hydrogens is 352 g/mol. The van der Waals surface area contributed by atoms with Crippen LogP contribution in [0.2, 0.25) is 5.02 Å². The Labute approximate surface area is 155 Å². The van der Waals surface area contributed by atoms with Crippen molar-refractivity contribution in [1.82, 2.24) is 9.55 Å². The van der Waals surface area contributed by atoms with Crippen molar-refractivity contribution in [3.05, 3.63) is 59.1 Å². The minimum absolute atomic E-state index is 0.111. The van der Waals surface area contributed by atoms with Gasteiger partial charge in [0, 0.05) is 12.7 Å². The topological polar surface area (TPSA) is 74.4 Å². The van der Waals surface area contributed by atoms with E-state index >= 15 is 0 Å². The molecule has 0 bridgehead atoms. The van der Waals surface area contributed by atoms with Crippen molar-refractivity contribution in [2.24, 2.45) is 7.05 Å². The van der Waals surface area contributed by atoms with Gasteiger partial charge in [-0.05, 0) is 30.3 Å². The van der Waals surface area contributed by atoms with Crippen molar-refractivity contribution < 1.29 is 9.84 Å². The minimum atomic E-state index is 0.111. The van der Waals surface area contributed by atoms with E-state index in [4.69, 9.17) is 21.7 Å². The fourth-order valence-electron chi connectivity index (χ4n) is 3.23. The van der Waals surface area contributed by atoms with Crippen molar-refractivity contribution in [3.8, 4) is 5.75 Å². The Bertz CT molecular complexity index is 1070. The SMILES string of the molecule is COc1ccc(N2CC(O)=C(c3nc4ccccc4n3C)C2=N)cc1Cl. The van der Waals surface area contributed by atoms with Crippen LogP contribution in [0.4, 0.5) is 5.69 Å². The molecule has 1 aliphatic rings.